The van der Waals surface area contributed by atoms with E-state index in [9.17, 15) is 18.0 Å². The Morgan fingerprint density at radius 1 is 1.15 bits per heavy atom. The zero-order valence-electron chi connectivity index (χ0n) is 13.8. The Bertz CT molecular complexity index is 778. The van der Waals surface area contributed by atoms with Crippen molar-refractivity contribution in [1.29, 1.82) is 0 Å². The second-order valence-electron chi connectivity index (χ2n) is 6.25. The molecule has 2 aromatic carbocycles. The van der Waals surface area contributed by atoms with Crippen LogP contribution in [0.4, 0.5) is 23.7 Å². The summed E-state index contributed by atoms with van der Waals surface area (Å²) < 4.78 is 37.8. The van der Waals surface area contributed by atoms with Gasteiger partial charge in [-0.2, -0.15) is 13.2 Å². The minimum atomic E-state index is -4.40. The Balaban J connectivity index is 1.64. The molecule has 138 valence electrons. The van der Waals surface area contributed by atoms with Gasteiger partial charge in [-0.15, -0.1) is 0 Å². The largest absolute Gasteiger partial charge is 0.416 e. The molecule has 1 aliphatic rings. The lowest BCUT2D eigenvalue weighted by Crippen LogP contribution is -2.40. The lowest BCUT2D eigenvalue weighted by atomic mass is 9.97. The zero-order chi connectivity index (χ0) is 18.9. The number of carbonyl (C=O) groups excluding carboxylic acids is 1. The van der Waals surface area contributed by atoms with E-state index in [1.54, 1.807) is 12.1 Å². The van der Waals surface area contributed by atoms with Crippen LogP contribution < -0.4 is 10.7 Å². The van der Waals surface area contributed by atoms with Crippen LogP contribution in [0.5, 0.6) is 0 Å². The van der Waals surface area contributed by atoms with Gasteiger partial charge in [0.15, 0.2) is 0 Å². The van der Waals surface area contributed by atoms with Crippen LogP contribution in [-0.4, -0.2) is 17.6 Å². The van der Waals surface area contributed by atoms with Crippen molar-refractivity contribution >= 4 is 23.3 Å². The number of alkyl halides is 3. The molecule has 1 aliphatic heterocycles. The fourth-order valence-electron chi connectivity index (χ4n) is 2.89. The highest BCUT2D eigenvalue weighted by Gasteiger charge is 2.33. The molecule has 0 aliphatic carbocycles. The summed E-state index contributed by atoms with van der Waals surface area (Å²) in [6.07, 6.45) is -4.40. The van der Waals surface area contributed by atoms with Gasteiger partial charge >= 0.3 is 12.2 Å². The van der Waals surface area contributed by atoms with E-state index in [1.807, 2.05) is 19.1 Å². The summed E-state index contributed by atoms with van der Waals surface area (Å²) >= 11 is 5.90. The predicted molar refractivity (Wildman–Crippen MR) is 93.7 cm³/mol. The van der Waals surface area contributed by atoms with Crippen LogP contribution in [0.15, 0.2) is 48.5 Å². The molecule has 26 heavy (non-hydrogen) atoms. The number of carbonyl (C=O) groups is 1. The molecule has 0 unspecified atom stereocenters. The molecule has 0 bridgehead atoms. The molecule has 4 nitrogen and oxygen atoms in total. The second kappa shape index (κ2) is 7.17. The van der Waals surface area contributed by atoms with E-state index in [4.69, 9.17) is 11.6 Å². The number of hydrazine groups is 1. The third kappa shape index (κ3) is 4.11. The minimum absolute atomic E-state index is 0.0503. The summed E-state index contributed by atoms with van der Waals surface area (Å²) in [5, 5.41) is 4.67. The number of urea groups is 1. The highest BCUT2D eigenvalue weighted by atomic mass is 35.5. The maximum Gasteiger partial charge on any atom is 0.416 e. The summed E-state index contributed by atoms with van der Waals surface area (Å²) in [4.78, 5) is 12.4. The van der Waals surface area contributed by atoms with Gasteiger partial charge in [0, 0.05) is 17.3 Å². The van der Waals surface area contributed by atoms with Gasteiger partial charge in [0.1, 0.15) is 0 Å². The van der Waals surface area contributed by atoms with Gasteiger partial charge in [0.2, 0.25) is 0 Å². The van der Waals surface area contributed by atoms with Gasteiger partial charge in [0.25, 0.3) is 0 Å². The standard InChI is InChI=1S/C18H17ClF3N3O/c1-11-10-25(24-16(11)12-2-6-14(19)7-3-12)17(26)23-15-8-4-13(5-9-15)18(20,21)22/h2-9,11,16,24H,10H2,1H3,(H,23,26)/t11-,16-/m0/s1. The van der Waals surface area contributed by atoms with E-state index >= 15 is 0 Å². The molecular formula is C18H17ClF3N3O. The average Bonchev–Trinajstić information content (AvgIpc) is 2.97. The molecule has 1 saturated heterocycles. The number of nitrogens with zero attached hydrogens (tertiary/aromatic N) is 1. The summed E-state index contributed by atoms with van der Waals surface area (Å²) in [6.45, 7) is 2.48. The molecule has 2 aromatic rings. The van der Waals surface area contributed by atoms with Crippen molar-refractivity contribution in [1.82, 2.24) is 10.4 Å². The fraction of sp³-hybridized carbons (Fsp3) is 0.278. The quantitative estimate of drug-likeness (QED) is 0.758. The van der Waals surface area contributed by atoms with Crippen LogP contribution in [-0.2, 0) is 6.18 Å². The van der Waals surface area contributed by atoms with Gasteiger partial charge in [-0.05, 0) is 47.9 Å². The number of hydrogen-bond donors (Lipinski definition) is 2. The molecule has 2 amide bonds. The third-order valence-electron chi connectivity index (χ3n) is 4.27. The highest BCUT2D eigenvalue weighted by Crippen LogP contribution is 2.31. The number of anilines is 1. The van der Waals surface area contributed by atoms with E-state index in [0.717, 1.165) is 17.7 Å². The molecule has 1 fully saturated rings. The van der Waals surface area contributed by atoms with Crippen molar-refractivity contribution in [3.63, 3.8) is 0 Å². The fourth-order valence-corrected chi connectivity index (χ4v) is 3.02. The van der Waals surface area contributed by atoms with Gasteiger partial charge in [-0.25, -0.2) is 10.2 Å². The van der Waals surface area contributed by atoms with Gasteiger partial charge in [0.05, 0.1) is 11.6 Å². The van der Waals surface area contributed by atoms with Crippen LogP contribution in [0.1, 0.15) is 24.1 Å². The molecule has 0 spiro atoms. The molecule has 0 aromatic heterocycles. The Labute approximate surface area is 153 Å². The van der Waals surface area contributed by atoms with Crippen molar-refractivity contribution < 1.29 is 18.0 Å². The first-order valence-electron chi connectivity index (χ1n) is 8.01. The number of halogens is 4. The van der Waals surface area contributed by atoms with Gasteiger partial charge in [-0.1, -0.05) is 30.7 Å². The predicted octanol–water partition coefficient (Wildman–Crippen LogP) is 5.09. The first kappa shape index (κ1) is 18.5. The van der Waals surface area contributed by atoms with E-state index in [0.29, 0.717) is 17.3 Å². The first-order chi connectivity index (χ1) is 12.2. The summed E-state index contributed by atoms with van der Waals surface area (Å²) in [5.41, 5.74) is 3.68. The Morgan fingerprint density at radius 2 is 1.77 bits per heavy atom. The minimum Gasteiger partial charge on any atom is -0.307 e. The number of hydrogen-bond acceptors (Lipinski definition) is 2. The van der Waals surface area contributed by atoms with Crippen molar-refractivity contribution in [2.45, 2.75) is 19.1 Å². The maximum atomic E-state index is 12.6. The monoisotopic (exact) mass is 383 g/mol. The Hall–Kier alpha value is -2.25. The molecule has 3 rings (SSSR count). The second-order valence-corrected chi connectivity index (χ2v) is 6.69. The van der Waals surface area contributed by atoms with E-state index in [-0.39, 0.29) is 12.0 Å². The number of rotatable bonds is 2. The lowest BCUT2D eigenvalue weighted by molar-refractivity contribution is -0.137. The molecule has 2 N–H and O–H groups in total. The summed E-state index contributed by atoms with van der Waals surface area (Å²) in [5.74, 6) is 0.162. The molecule has 2 atom stereocenters. The van der Waals surface area contributed by atoms with Gasteiger partial charge < -0.3 is 5.32 Å². The molecule has 0 saturated carbocycles. The summed E-state index contributed by atoms with van der Waals surface area (Å²) in [6, 6.07) is 11.2. The smallest absolute Gasteiger partial charge is 0.307 e. The average molecular weight is 384 g/mol. The van der Waals surface area contributed by atoms with Crippen molar-refractivity contribution in [2.24, 2.45) is 5.92 Å². The first-order valence-corrected chi connectivity index (χ1v) is 8.39. The van der Waals surface area contributed by atoms with Crippen LogP contribution in [0.3, 0.4) is 0 Å². The molecular weight excluding hydrogens is 367 g/mol. The number of amides is 2. The topological polar surface area (TPSA) is 44.4 Å². The van der Waals surface area contributed by atoms with Crippen molar-refractivity contribution in [3.8, 4) is 0 Å². The lowest BCUT2D eigenvalue weighted by Gasteiger charge is -2.19. The van der Waals surface area contributed by atoms with Crippen molar-refractivity contribution in [2.75, 3.05) is 11.9 Å². The Morgan fingerprint density at radius 3 is 2.35 bits per heavy atom. The zero-order valence-corrected chi connectivity index (χ0v) is 14.6. The van der Waals surface area contributed by atoms with Crippen LogP contribution in [0, 0.1) is 5.92 Å². The molecule has 8 heteroatoms. The van der Waals surface area contributed by atoms with E-state index in [2.05, 4.69) is 10.7 Å². The normalized spacial score (nSPS) is 20.3. The number of benzene rings is 2. The van der Waals surface area contributed by atoms with Crippen molar-refractivity contribution in [3.05, 3.63) is 64.7 Å². The third-order valence-corrected chi connectivity index (χ3v) is 4.52. The van der Waals surface area contributed by atoms with Gasteiger partial charge in [-0.3, -0.25) is 5.01 Å². The van der Waals surface area contributed by atoms with E-state index < -0.39 is 17.8 Å². The summed E-state index contributed by atoms with van der Waals surface area (Å²) in [7, 11) is 0. The molecule has 1 heterocycles. The highest BCUT2D eigenvalue weighted by molar-refractivity contribution is 6.30. The van der Waals surface area contributed by atoms with Crippen LogP contribution in [0.2, 0.25) is 5.02 Å². The maximum absolute atomic E-state index is 12.6. The Kier molecular flexibility index (Phi) is 5.11. The van der Waals surface area contributed by atoms with E-state index in [1.165, 1.54) is 17.1 Å². The molecule has 0 radical (unpaired) electrons. The van der Waals surface area contributed by atoms with Crippen LogP contribution in [0.25, 0.3) is 0 Å². The van der Waals surface area contributed by atoms with Crippen LogP contribution >= 0.6 is 11.6 Å². The number of nitrogens with one attached hydrogen (secondary N) is 2. The SMILES string of the molecule is C[C@H]1CN(C(=O)Nc2ccc(C(F)(F)F)cc2)N[C@@H]1c1ccc(Cl)cc1.